The van der Waals surface area contributed by atoms with Crippen molar-refractivity contribution in [3.8, 4) is 0 Å². The van der Waals surface area contributed by atoms with Gasteiger partial charge in [0.15, 0.2) is 0 Å². The van der Waals surface area contributed by atoms with Gasteiger partial charge in [0.05, 0.1) is 0 Å². The monoisotopic (exact) mass is 330 g/mol. The summed E-state index contributed by atoms with van der Waals surface area (Å²) in [4.78, 5) is 1.30. The summed E-state index contributed by atoms with van der Waals surface area (Å²) in [6, 6.07) is 8.84. The lowest BCUT2D eigenvalue weighted by molar-refractivity contribution is 0.501. The SMILES string of the molecule is CCCCCCC(CSc1ccc(Br)cc1)NN. The third-order valence-corrected chi connectivity index (χ3v) is 4.61. The van der Waals surface area contributed by atoms with Crippen molar-refractivity contribution < 1.29 is 0 Å². The number of benzene rings is 1. The van der Waals surface area contributed by atoms with Crippen molar-refractivity contribution in [3.63, 3.8) is 0 Å². The van der Waals surface area contributed by atoms with Crippen LogP contribution in [0.3, 0.4) is 0 Å². The first-order chi connectivity index (χ1) is 8.76. The van der Waals surface area contributed by atoms with Gasteiger partial charge < -0.3 is 0 Å². The average Bonchev–Trinajstić information content (AvgIpc) is 2.40. The van der Waals surface area contributed by atoms with E-state index in [0.717, 1.165) is 10.2 Å². The van der Waals surface area contributed by atoms with Crippen molar-refractivity contribution in [2.75, 3.05) is 5.75 Å². The fourth-order valence-electron chi connectivity index (χ4n) is 1.76. The van der Waals surface area contributed by atoms with Crippen LogP contribution < -0.4 is 11.3 Å². The Morgan fingerprint density at radius 3 is 2.56 bits per heavy atom. The minimum absolute atomic E-state index is 0.413. The van der Waals surface area contributed by atoms with Crippen molar-refractivity contribution >= 4 is 27.7 Å². The molecular formula is C14H23BrN2S. The smallest absolute Gasteiger partial charge is 0.0304 e. The number of nitrogens with one attached hydrogen (secondary N) is 1. The van der Waals surface area contributed by atoms with Crippen LogP contribution in [0, 0.1) is 0 Å². The molecule has 3 N–H and O–H groups in total. The summed E-state index contributed by atoms with van der Waals surface area (Å²) >= 11 is 5.31. The van der Waals surface area contributed by atoms with E-state index in [0.29, 0.717) is 6.04 Å². The van der Waals surface area contributed by atoms with Gasteiger partial charge >= 0.3 is 0 Å². The van der Waals surface area contributed by atoms with Gasteiger partial charge in [0.2, 0.25) is 0 Å². The fraction of sp³-hybridized carbons (Fsp3) is 0.571. The van der Waals surface area contributed by atoms with Crippen LogP contribution in [0.2, 0.25) is 0 Å². The molecule has 0 aromatic heterocycles. The third-order valence-electron chi connectivity index (χ3n) is 2.91. The van der Waals surface area contributed by atoms with E-state index in [1.807, 2.05) is 11.8 Å². The number of thioether (sulfide) groups is 1. The molecule has 0 amide bonds. The number of hydrogen-bond donors (Lipinski definition) is 2. The first kappa shape index (κ1) is 16.0. The van der Waals surface area contributed by atoms with E-state index in [4.69, 9.17) is 5.84 Å². The maximum atomic E-state index is 5.60. The average molecular weight is 331 g/mol. The largest absolute Gasteiger partial charge is 0.271 e. The zero-order valence-corrected chi connectivity index (χ0v) is 13.4. The Labute approximate surface area is 123 Å². The van der Waals surface area contributed by atoms with E-state index in [9.17, 15) is 0 Å². The molecule has 0 bridgehead atoms. The van der Waals surface area contributed by atoms with Crippen LogP contribution >= 0.6 is 27.7 Å². The number of hydrogen-bond acceptors (Lipinski definition) is 3. The molecule has 0 radical (unpaired) electrons. The summed E-state index contributed by atoms with van der Waals surface area (Å²) in [7, 11) is 0. The van der Waals surface area contributed by atoms with E-state index < -0.39 is 0 Å². The second-order valence-corrected chi connectivity index (χ2v) is 6.49. The van der Waals surface area contributed by atoms with Crippen molar-refractivity contribution in [2.24, 2.45) is 5.84 Å². The molecule has 1 unspecified atom stereocenters. The molecule has 18 heavy (non-hydrogen) atoms. The molecule has 0 saturated carbocycles. The molecule has 1 aromatic rings. The van der Waals surface area contributed by atoms with Crippen molar-refractivity contribution in [1.29, 1.82) is 0 Å². The van der Waals surface area contributed by atoms with Crippen LogP contribution in [-0.4, -0.2) is 11.8 Å². The summed E-state index contributed by atoms with van der Waals surface area (Å²) in [5.41, 5.74) is 2.93. The lowest BCUT2D eigenvalue weighted by atomic mass is 10.1. The number of nitrogens with two attached hydrogens (primary N) is 1. The molecule has 0 heterocycles. The van der Waals surface area contributed by atoms with Crippen molar-refractivity contribution in [3.05, 3.63) is 28.7 Å². The van der Waals surface area contributed by atoms with Gasteiger partial charge in [-0.2, -0.15) is 0 Å². The zero-order valence-electron chi connectivity index (χ0n) is 11.0. The van der Waals surface area contributed by atoms with E-state index in [2.05, 4.69) is 52.5 Å². The predicted octanol–water partition coefficient (Wildman–Crippen LogP) is 4.34. The van der Waals surface area contributed by atoms with Crippen molar-refractivity contribution in [1.82, 2.24) is 5.43 Å². The number of hydrazine groups is 1. The summed E-state index contributed by atoms with van der Waals surface area (Å²) in [6.07, 6.45) is 6.37. The lowest BCUT2D eigenvalue weighted by Crippen LogP contribution is -2.36. The van der Waals surface area contributed by atoms with Gasteiger partial charge in [-0.1, -0.05) is 48.5 Å². The minimum Gasteiger partial charge on any atom is -0.271 e. The van der Waals surface area contributed by atoms with Gasteiger partial charge in [-0.05, 0) is 30.7 Å². The van der Waals surface area contributed by atoms with Crippen LogP contribution in [-0.2, 0) is 0 Å². The summed E-state index contributed by atoms with van der Waals surface area (Å²) < 4.78 is 1.12. The second kappa shape index (κ2) is 9.84. The van der Waals surface area contributed by atoms with E-state index >= 15 is 0 Å². The Balaban J connectivity index is 2.24. The minimum atomic E-state index is 0.413. The topological polar surface area (TPSA) is 38.0 Å². The van der Waals surface area contributed by atoms with Gasteiger partial charge in [-0.15, -0.1) is 11.8 Å². The third kappa shape index (κ3) is 6.78. The van der Waals surface area contributed by atoms with Crippen molar-refractivity contribution in [2.45, 2.75) is 50.0 Å². The molecule has 0 aliphatic carbocycles. The zero-order chi connectivity index (χ0) is 13.2. The fourth-order valence-corrected chi connectivity index (χ4v) is 3.01. The Hall–Kier alpha value is -0.0300. The molecule has 1 aromatic carbocycles. The number of unbranched alkanes of at least 4 members (excludes halogenated alkanes) is 3. The van der Waals surface area contributed by atoms with Crippen LogP contribution in [0.25, 0.3) is 0 Å². The quantitative estimate of drug-likeness (QED) is 0.306. The van der Waals surface area contributed by atoms with Gasteiger partial charge in [0.1, 0.15) is 0 Å². The molecule has 0 saturated heterocycles. The molecule has 2 nitrogen and oxygen atoms in total. The maximum absolute atomic E-state index is 5.60. The highest BCUT2D eigenvalue weighted by Crippen LogP contribution is 2.22. The Morgan fingerprint density at radius 1 is 1.22 bits per heavy atom. The van der Waals surface area contributed by atoms with Crippen LogP contribution in [0.4, 0.5) is 0 Å². The molecule has 0 fully saturated rings. The van der Waals surface area contributed by atoms with Crippen LogP contribution in [0.5, 0.6) is 0 Å². The predicted molar refractivity (Wildman–Crippen MR) is 84.7 cm³/mol. The molecule has 1 atom stereocenters. The first-order valence-corrected chi connectivity index (χ1v) is 8.38. The molecular weight excluding hydrogens is 308 g/mol. The summed E-state index contributed by atoms with van der Waals surface area (Å²) in [5.74, 6) is 6.64. The molecule has 0 spiro atoms. The van der Waals surface area contributed by atoms with Gasteiger partial charge in [-0.25, -0.2) is 0 Å². The maximum Gasteiger partial charge on any atom is 0.0304 e. The summed E-state index contributed by atoms with van der Waals surface area (Å²) in [6.45, 7) is 2.24. The van der Waals surface area contributed by atoms with E-state index in [1.54, 1.807) is 0 Å². The first-order valence-electron chi connectivity index (χ1n) is 6.60. The summed E-state index contributed by atoms with van der Waals surface area (Å²) in [5, 5.41) is 0. The van der Waals surface area contributed by atoms with Crippen LogP contribution in [0.15, 0.2) is 33.6 Å². The normalized spacial score (nSPS) is 12.6. The highest BCUT2D eigenvalue weighted by Gasteiger charge is 2.06. The standard InChI is InChI=1S/C14H23BrN2S/c1-2-3-4-5-6-13(17-16)11-18-14-9-7-12(15)8-10-14/h7-10,13,17H,2-6,11,16H2,1H3. The van der Waals surface area contributed by atoms with Gasteiger partial charge in [0, 0.05) is 21.2 Å². The molecule has 1 rings (SSSR count). The van der Waals surface area contributed by atoms with E-state index in [1.165, 1.54) is 37.0 Å². The Morgan fingerprint density at radius 2 is 1.94 bits per heavy atom. The number of halogens is 1. The molecule has 0 aliphatic heterocycles. The molecule has 102 valence electrons. The van der Waals surface area contributed by atoms with Gasteiger partial charge in [-0.3, -0.25) is 11.3 Å². The van der Waals surface area contributed by atoms with Gasteiger partial charge in [0.25, 0.3) is 0 Å². The highest BCUT2D eigenvalue weighted by molar-refractivity contribution is 9.10. The Bertz CT molecular complexity index is 316. The lowest BCUT2D eigenvalue weighted by Gasteiger charge is -2.15. The molecule has 0 aliphatic rings. The Kier molecular flexibility index (Phi) is 8.76. The van der Waals surface area contributed by atoms with E-state index in [-0.39, 0.29) is 0 Å². The second-order valence-electron chi connectivity index (χ2n) is 4.48. The van der Waals surface area contributed by atoms with Crippen LogP contribution in [0.1, 0.15) is 39.0 Å². The highest BCUT2D eigenvalue weighted by atomic mass is 79.9. The molecule has 4 heteroatoms. The number of rotatable bonds is 9.